The van der Waals surface area contributed by atoms with Crippen molar-refractivity contribution < 1.29 is 9.84 Å². The van der Waals surface area contributed by atoms with Crippen LogP contribution in [-0.2, 0) is 10.5 Å². The van der Waals surface area contributed by atoms with Crippen molar-refractivity contribution >= 4 is 0 Å². The highest BCUT2D eigenvalue weighted by Crippen LogP contribution is 2.39. The molecule has 0 saturated heterocycles. The molecule has 0 spiro atoms. The lowest BCUT2D eigenvalue weighted by molar-refractivity contribution is -0.257. The van der Waals surface area contributed by atoms with E-state index in [0.29, 0.717) is 0 Å². The number of methoxy groups -OCH3 is 1. The van der Waals surface area contributed by atoms with Crippen LogP contribution in [0.3, 0.4) is 0 Å². The fourth-order valence-electron chi connectivity index (χ4n) is 1.52. The molecule has 2 heteroatoms. The number of hydrogen-bond acceptors (Lipinski definition) is 2. The number of rotatable bonds is 2. The lowest BCUT2D eigenvalue weighted by atomic mass is 9.81. The van der Waals surface area contributed by atoms with Gasteiger partial charge in [-0.2, -0.15) is 0 Å². The first-order chi connectivity index (χ1) is 6.42. The maximum Gasteiger partial charge on any atom is 0.197 e. The molecule has 0 saturated carbocycles. The van der Waals surface area contributed by atoms with Gasteiger partial charge in [-0.15, -0.1) is 0 Å². The molecule has 2 nitrogen and oxygen atoms in total. The van der Waals surface area contributed by atoms with Crippen molar-refractivity contribution in [1.29, 1.82) is 0 Å². The second kappa shape index (κ2) is 3.71. The fourth-order valence-corrected chi connectivity index (χ4v) is 1.52. The molecule has 1 aromatic carbocycles. The predicted molar refractivity (Wildman–Crippen MR) is 56.8 cm³/mol. The van der Waals surface area contributed by atoms with Crippen LogP contribution >= 0.6 is 0 Å². The molecular formula is C12H18O2. The lowest BCUT2D eigenvalue weighted by Crippen LogP contribution is -2.41. The van der Waals surface area contributed by atoms with Crippen molar-refractivity contribution in [3.05, 3.63) is 35.9 Å². The van der Waals surface area contributed by atoms with Gasteiger partial charge in [0, 0.05) is 18.1 Å². The Kier molecular flexibility index (Phi) is 2.98. The van der Waals surface area contributed by atoms with E-state index in [1.54, 1.807) is 0 Å². The van der Waals surface area contributed by atoms with Crippen LogP contribution in [0.25, 0.3) is 0 Å². The van der Waals surface area contributed by atoms with Gasteiger partial charge in [-0.05, 0) is 0 Å². The zero-order chi connectivity index (χ0) is 10.8. The summed E-state index contributed by atoms with van der Waals surface area (Å²) in [6.07, 6.45) is 0. The number of benzene rings is 1. The number of aliphatic hydroxyl groups is 1. The van der Waals surface area contributed by atoms with Crippen LogP contribution in [0.5, 0.6) is 0 Å². The van der Waals surface area contributed by atoms with E-state index in [9.17, 15) is 5.11 Å². The number of hydrogen-bond donors (Lipinski definition) is 1. The first-order valence-electron chi connectivity index (χ1n) is 4.75. The highest BCUT2D eigenvalue weighted by atomic mass is 16.6. The highest BCUT2D eigenvalue weighted by molar-refractivity contribution is 5.21. The SMILES string of the molecule is COC(O)(c1ccccc1)C(C)(C)C. The van der Waals surface area contributed by atoms with E-state index in [4.69, 9.17) is 4.74 Å². The minimum Gasteiger partial charge on any atom is -0.361 e. The normalized spacial score (nSPS) is 16.4. The molecule has 1 unspecified atom stereocenters. The molecule has 0 aliphatic carbocycles. The predicted octanol–water partition coefficient (Wildman–Crippen LogP) is 2.52. The molecular weight excluding hydrogens is 176 g/mol. The second-order valence-electron chi connectivity index (χ2n) is 4.46. The van der Waals surface area contributed by atoms with Gasteiger partial charge in [-0.1, -0.05) is 51.1 Å². The lowest BCUT2D eigenvalue weighted by Gasteiger charge is -2.39. The van der Waals surface area contributed by atoms with Crippen molar-refractivity contribution in [2.24, 2.45) is 5.41 Å². The molecule has 0 fully saturated rings. The molecule has 14 heavy (non-hydrogen) atoms. The molecule has 1 N–H and O–H groups in total. The third-order valence-corrected chi connectivity index (χ3v) is 2.48. The molecule has 0 aromatic heterocycles. The zero-order valence-electron chi connectivity index (χ0n) is 9.24. The summed E-state index contributed by atoms with van der Waals surface area (Å²) in [7, 11) is 1.53. The van der Waals surface area contributed by atoms with Gasteiger partial charge in [0.05, 0.1) is 0 Å². The average molecular weight is 194 g/mol. The largest absolute Gasteiger partial charge is 0.361 e. The molecule has 0 bridgehead atoms. The zero-order valence-corrected chi connectivity index (χ0v) is 9.24. The van der Waals surface area contributed by atoms with Crippen LogP contribution in [-0.4, -0.2) is 12.2 Å². The van der Waals surface area contributed by atoms with Crippen LogP contribution in [0.1, 0.15) is 26.3 Å². The summed E-state index contributed by atoms with van der Waals surface area (Å²) < 4.78 is 5.24. The molecule has 1 rings (SSSR count). The maximum absolute atomic E-state index is 10.4. The summed E-state index contributed by atoms with van der Waals surface area (Å²) in [6, 6.07) is 9.45. The van der Waals surface area contributed by atoms with Gasteiger partial charge < -0.3 is 9.84 Å². The average Bonchev–Trinajstić information content (AvgIpc) is 2.16. The summed E-state index contributed by atoms with van der Waals surface area (Å²) in [4.78, 5) is 0. The van der Waals surface area contributed by atoms with Gasteiger partial charge in [-0.3, -0.25) is 0 Å². The molecule has 0 amide bonds. The van der Waals surface area contributed by atoms with Crippen molar-refractivity contribution in [3.63, 3.8) is 0 Å². The standard InChI is InChI=1S/C12H18O2/c1-11(2,3)12(13,14-4)10-8-6-5-7-9-10/h5-9,13H,1-4H3. The van der Waals surface area contributed by atoms with Gasteiger partial charge in [0.15, 0.2) is 5.79 Å². The quantitative estimate of drug-likeness (QED) is 0.733. The Morgan fingerprint density at radius 1 is 1.07 bits per heavy atom. The third kappa shape index (κ3) is 1.81. The molecule has 0 heterocycles. The first-order valence-corrected chi connectivity index (χ1v) is 4.75. The molecule has 78 valence electrons. The van der Waals surface area contributed by atoms with E-state index < -0.39 is 5.79 Å². The van der Waals surface area contributed by atoms with Gasteiger partial charge in [0.1, 0.15) is 0 Å². The third-order valence-electron chi connectivity index (χ3n) is 2.48. The topological polar surface area (TPSA) is 29.5 Å². The highest BCUT2D eigenvalue weighted by Gasteiger charge is 2.41. The van der Waals surface area contributed by atoms with Crippen LogP contribution in [0.15, 0.2) is 30.3 Å². The maximum atomic E-state index is 10.4. The van der Waals surface area contributed by atoms with E-state index in [0.717, 1.165) is 5.56 Å². The molecule has 0 aliphatic rings. The Morgan fingerprint density at radius 2 is 1.57 bits per heavy atom. The smallest absolute Gasteiger partial charge is 0.197 e. The van der Waals surface area contributed by atoms with Gasteiger partial charge in [-0.25, -0.2) is 0 Å². The monoisotopic (exact) mass is 194 g/mol. The molecule has 0 radical (unpaired) electrons. The summed E-state index contributed by atoms with van der Waals surface area (Å²) >= 11 is 0. The molecule has 0 aliphatic heterocycles. The molecule has 1 atom stereocenters. The molecule has 1 aromatic rings. The van der Waals surface area contributed by atoms with E-state index in [2.05, 4.69) is 0 Å². The summed E-state index contributed by atoms with van der Waals surface area (Å²) in [6.45, 7) is 5.84. The van der Waals surface area contributed by atoms with Crippen molar-refractivity contribution in [2.45, 2.75) is 26.6 Å². The van der Waals surface area contributed by atoms with E-state index in [-0.39, 0.29) is 5.41 Å². The van der Waals surface area contributed by atoms with Crippen LogP contribution in [0, 0.1) is 5.41 Å². The van der Waals surface area contributed by atoms with Gasteiger partial charge >= 0.3 is 0 Å². The second-order valence-corrected chi connectivity index (χ2v) is 4.46. The number of ether oxygens (including phenoxy) is 1. The first kappa shape index (κ1) is 11.2. The Hall–Kier alpha value is -0.860. The summed E-state index contributed by atoms with van der Waals surface area (Å²) in [5, 5.41) is 10.4. The Morgan fingerprint density at radius 3 is 1.93 bits per heavy atom. The van der Waals surface area contributed by atoms with Crippen molar-refractivity contribution in [2.75, 3.05) is 7.11 Å². The Labute approximate surface area is 85.5 Å². The fraction of sp³-hybridized carbons (Fsp3) is 0.500. The van der Waals surface area contributed by atoms with Crippen molar-refractivity contribution in [3.8, 4) is 0 Å². The van der Waals surface area contributed by atoms with Gasteiger partial charge in [0.25, 0.3) is 0 Å². The van der Waals surface area contributed by atoms with Crippen LogP contribution < -0.4 is 0 Å². The minimum atomic E-state index is -1.23. The summed E-state index contributed by atoms with van der Waals surface area (Å²) in [5.74, 6) is -1.23. The van der Waals surface area contributed by atoms with Crippen molar-refractivity contribution in [1.82, 2.24) is 0 Å². The summed E-state index contributed by atoms with van der Waals surface area (Å²) in [5.41, 5.74) is 0.429. The van der Waals surface area contributed by atoms with E-state index in [1.807, 2.05) is 51.1 Å². The van der Waals surface area contributed by atoms with E-state index >= 15 is 0 Å². The Bertz CT molecular complexity index is 287. The van der Waals surface area contributed by atoms with Crippen LogP contribution in [0.2, 0.25) is 0 Å². The Balaban J connectivity index is 3.15. The van der Waals surface area contributed by atoms with Gasteiger partial charge in [0.2, 0.25) is 0 Å². The van der Waals surface area contributed by atoms with E-state index in [1.165, 1.54) is 7.11 Å². The van der Waals surface area contributed by atoms with Crippen LogP contribution in [0.4, 0.5) is 0 Å². The minimum absolute atomic E-state index is 0.358.